The van der Waals surface area contributed by atoms with Gasteiger partial charge in [-0.05, 0) is 41.3 Å². The molecular weight excluding hydrogens is 278 g/mol. The van der Waals surface area contributed by atoms with Gasteiger partial charge >= 0.3 is 0 Å². The maximum Gasteiger partial charge on any atom is 0.201 e. The molecule has 0 saturated heterocycles. The summed E-state index contributed by atoms with van der Waals surface area (Å²) in [6, 6.07) is 8.60. The van der Waals surface area contributed by atoms with E-state index in [1.807, 2.05) is 11.6 Å². The Bertz CT molecular complexity index is 514. The van der Waals surface area contributed by atoms with Gasteiger partial charge in [-0.25, -0.2) is 4.98 Å². The molecule has 1 aromatic heterocycles. The normalized spacial score (nSPS) is 10.8. The number of hydrogen-bond acceptors (Lipinski definition) is 2. The lowest BCUT2D eigenvalue weighted by molar-refractivity contribution is 0.883. The summed E-state index contributed by atoms with van der Waals surface area (Å²) >= 11 is 3.51. The monoisotopic (exact) mass is 293 g/mol. The molecule has 0 spiro atoms. The van der Waals surface area contributed by atoms with Crippen LogP contribution in [0, 0.1) is 6.92 Å². The van der Waals surface area contributed by atoms with E-state index in [1.165, 1.54) is 11.1 Å². The fraction of sp³-hybridized carbons (Fsp3) is 0.308. The molecule has 0 unspecified atom stereocenters. The molecule has 1 heterocycles. The van der Waals surface area contributed by atoms with Crippen LogP contribution in [0.5, 0.6) is 0 Å². The van der Waals surface area contributed by atoms with Crippen molar-refractivity contribution in [3.8, 4) is 0 Å². The summed E-state index contributed by atoms with van der Waals surface area (Å²) in [4.78, 5) is 4.34. The van der Waals surface area contributed by atoms with E-state index in [4.69, 9.17) is 5.73 Å². The predicted molar refractivity (Wildman–Crippen MR) is 73.9 cm³/mol. The van der Waals surface area contributed by atoms with Gasteiger partial charge in [-0.3, -0.25) is 0 Å². The molecule has 3 nitrogen and oxygen atoms in total. The lowest BCUT2D eigenvalue weighted by Gasteiger charge is -2.01. The number of rotatable bonds is 3. The standard InChI is InChI=1S/C13H16BrN3/c1-9-3-5-10(6-4-9)7-8-11-12(14)17(2)13(15)16-11/h3-6H,7-8H2,1-2H3,(H2,15,16). The van der Waals surface area contributed by atoms with Crippen LogP contribution in [0.25, 0.3) is 0 Å². The second-order valence-corrected chi connectivity index (χ2v) is 5.00. The molecule has 4 heteroatoms. The number of aryl methyl sites for hydroxylation is 3. The third-order valence-electron chi connectivity index (χ3n) is 2.90. The first-order valence-corrected chi connectivity index (χ1v) is 6.39. The van der Waals surface area contributed by atoms with Crippen molar-refractivity contribution in [2.45, 2.75) is 19.8 Å². The summed E-state index contributed by atoms with van der Waals surface area (Å²) in [5.74, 6) is 0.552. The Morgan fingerprint density at radius 2 is 1.88 bits per heavy atom. The number of benzene rings is 1. The number of aromatic nitrogens is 2. The lowest BCUT2D eigenvalue weighted by Crippen LogP contribution is -1.96. The van der Waals surface area contributed by atoms with Gasteiger partial charge in [-0.2, -0.15) is 0 Å². The molecule has 2 rings (SSSR count). The van der Waals surface area contributed by atoms with E-state index in [-0.39, 0.29) is 0 Å². The molecule has 90 valence electrons. The van der Waals surface area contributed by atoms with Gasteiger partial charge in [0.2, 0.25) is 5.95 Å². The lowest BCUT2D eigenvalue weighted by atomic mass is 10.1. The predicted octanol–water partition coefficient (Wildman–Crippen LogP) is 2.86. The van der Waals surface area contributed by atoms with Crippen molar-refractivity contribution < 1.29 is 0 Å². The van der Waals surface area contributed by atoms with Crippen molar-refractivity contribution in [1.82, 2.24) is 9.55 Å². The minimum atomic E-state index is 0.552. The van der Waals surface area contributed by atoms with Crippen LogP contribution in [-0.2, 0) is 19.9 Å². The van der Waals surface area contributed by atoms with Crippen LogP contribution in [0.1, 0.15) is 16.8 Å². The first-order valence-electron chi connectivity index (χ1n) is 5.60. The van der Waals surface area contributed by atoms with Crippen molar-refractivity contribution in [1.29, 1.82) is 0 Å². The van der Waals surface area contributed by atoms with Crippen molar-refractivity contribution in [2.24, 2.45) is 7.05 Å². The number of halogens is 1. The van der Waals surface area contributed by atoms with Gasteiger partial charge in [0.1, 0.15) is 4.60 Å². The van der Waals surface area contributed by atoms with E-state index < -0.39 is 0 Å². The van der Waals surface area contributed by atoms with Crippen LogP contribution < -0.4 is 5.73 Å². The molecule has 0 atom stereocenters. The van der Waals surface area contributed by atoms with Gasteiger partial charge in [0, 0.05) is 7.05 Å². The maximum atomic E-state index is 5.75. The average Bonchev–Trinajstić information content (AvgIpc) is 2.56. The highest BCUT2D eigenvalue weighted by atomic mass is 79.9. The number of nitrogen functional groups attached to an aromatic ring is 1. The molecule has 2 N–H and O–H groups in total. The third kappa shape index (κ3) is 2.69. The Morgan fingerprint density at radius 3 is 2.41 bits per heavy atom. The molecule has 2 aromatic rings. The molecular formula is C13H16BrN3. The number of nitrogens with zero attached hydrogens (tertiary/aromatic N) is 2. The number of nitrogens with two attached hydrogens (primary N) is 1. The highest BCUT2D eigenvalue weighted by molar-refractivity contribution is 9.10. The second kappa shape index (κ2) is 4.92. The minimum absolute atomic E-state index is 0.552. The number of anilines is 1. The summed E-state index contributed by atoms with van der Waals surface area (Å²) in [5.41, 5.74) is 9.39. The van der Waals surface area contributed by atoms with Crippen LogP contribution in [0.3, 0.4) is 0 Å². The van der Waals surface area contributed by atoms with Crippen molar-refractivity contribution in [2.75, 3.05) is 5.73 Å². The fourth-order valence-corrected chi connectivity index (χ4v) is 2.20. The topological polar surface area (TPSA) is 43.8 Å². The second-order valence-electron chi connectivity index (χ2n) is 4.25. The fourth-order valence-electron chi connectivity index (χ4n) is 1.73. The summed E-state index contributed by atoms with van der Waals surface area (Å²) < 4.78 is 2.83. The van der Waals surface area contributed by atoms with E-state index >= 15 is 0 Å². The number of imidazole rings is 1. The minimum Gasteiger partial charge on any atom is -0.369 e. The molecule has 0 radical (unpaired) electrons. The van der Waals surface area contributed by atoms with Gasteiger partial charge in [0.05, 0.1) is 5.69 Å². The van der Waals surface area contributed by atoms with Crippen molar-refractivity contribution in [3.05, 3.63) is 45.7 Å². The van der Waals surface area contributed by atoms with Crippen LogP contribution in [0.4, 0.5) is 5.95 Å². The SMILES string of the molecule is Cc1ccc(CCc2nc(N)n(C)c2Br)cc1. The zero-order valence-corrected chi connectivity index (χ0v) is 11.7. The molecule has 17 heavy (non-hydrogen) atoms. The molecule has 0 amide bonds. The smallest absolute Gasteiger partial charge is 0.201 e. The van der Waals surface area contributed by atoms with E-state index in [0.29, 0.717) is 5.95 Å². The van der Waals surface area contributed by atoms with Crippen LogP contribution >= 0.6 is 15.9 Å². The summed E-state index contributed by atoms with van der Waals surface area (Å²) in [6.07, 6.45) is 1.88. The van der Waals surface area contributed by atoms with Crippen molar-refractivity contribution >= 4 is 21.9 Å². The quantitative estimate of drug-likeness (QED) is 0.946. The average molecular weight is 294 g/mol. The Labute approximate surface area is 110 Å². The summed E-state index contributed by atoms with van der Waals surface area (Å²) in [7, 11) is 1.90. The molecule has 0 saturated carbocycles. The number of hydrogen-bond donors (Lipinski definition) is 1. The van der Waals surface area contributed by atoms with Gasteiger partial charge in [-0.15, -0.1) is 0 Å². The van der Waals surface area contributed by atoms with E-state index in [9.17, 15) is 0 Å². The van der Waals surface area contributed by atoms with Gasteiger partial charge < -0.3 is 10.3 Å². The van der Waals surface area contributed by atoms with Gasteiger partial charge in [0.15, 0.2) is 0 Å². The highest BCUT2D eigenvalue weighted by Gasteiger charge is 2.09. The Balaban J connectivity index is 2.07. The van der Waals surface area contributed by atoms with Gasteiger partial charge in [-0.1, -0.05) is 29.8 Å². The summed E-state index contributed by atoms with van der Waals surface area (Å²) in [5, 5.41) is 0. The molecule has 0 aliphatic rings. The van der Waals surface area contributed by atoms with E-state index in [0.717, 1.165) is 23.1 Å². The molecule has 1 aromatic carbocycles. The van der Waals surface area contributed by atoms with Crippen LogP contribution in [0.2, 0.25) is 0 Å². The van der Waals surface area contributed by atoms with Gasteiger partial charge in [0.25, 0.3) is 0 Å². The Kier molecular flexibility index (Phi) is 3.52. The zero-order valence-electron chi connectivity index (χ0n) is 10.1. The molecule has 0 aliphatic heterocycles. The Morgan fingerprint density at radius 1 is 1.24 bits per heavy atom. The summed E-state index contributed by atoms with van der Waals surface area (Å²) in [6.45, 7) is 2.10. The largest absolute Gasteiger partial charge is 0.369 e. The first-order chi connectivity index (χ1) is 8.08. The Hall–Kier alpha value is -1.29. The van der Waals surface area contributed by atoms with Crippen LogP contribution in [0.15, 0.2) is 28.9 Å². The third-order valence-corrected chi connectivity index (χ3v) is 3.89. The highest BCUT2D eigenvalue weighted by Crippen LogP contribution is 2.20. The van der Waals surface area contributed by atoms with E-state index in [1.54, 1.807) is 0 Å². The molecule has 0 fully saturated rings. The maximum absolute atomic E-state index is 5.75. The van der Waals surface area contributed by atoms with Crippen molar-refractivity contribution in [3.63, 3.8) is 0 Å². The van der Waals surface area contributed by atoms with Crippen LogP contribution in [-0.4, -0.2) is 9.55 Å². The molecule has 0 aliphatic carbocycles. The molecule has 0 bridgehead atoms. The zero-order chi connectivity index (χ0) is 12.4. The van der Waals surface area contributed by atoms with E-state index in [2.05, 4.69) is 52.1 Å². The first kappa shape index (κ1) is 12.2.